The molecule has 0 radical (unpaired) electrons. The normalized spacial score (nSPS) is 13.9. The number of rotatable bonds is 14. The van der Waals surface area contributed by atoms with Gasteiger partial charge in [0.25, 0.3) is 0 Å². The van der Waals surface area contributed by atoms with Gasteiger partial charge in [-0.3, -0.25) is 4.79 Å². The van der Waals surface area contributed by atoms with E-state index in [1.165, 1.54) is 12.1 Å². The summed E-state index contributed by atoms with van der Waals surface area (Å²) in [7, 11) is -2.04. The van der Waals surface area contributed by atoms with E-state index in [0.717, 1.165) is 16.9 Å². The molecular formula is C28H34N2O6S. The molecule has 4 N–H and O–H groups in total. The van der Waals surface area contributed by atoms with Crippen molar-refractivity contribution < 1.29 is 28.2 Å². The first-order valence-electron chi connectivity index (χ1n) is 12.1. The minimum atomic E-state index is -3.63. The van der Waals surface area contributed by atoms with Gasteiger partial charge >= 0.3 is 0 Å². The van der Waals surface area contributed by atoms with Crippen LogP contribution in [0.5, 0.6) is 5.75 Å². The average molecular weight is 527 g/mol. The number of sulfone groups is 1. The van der Waals surface area contributed by atoms with Gasteiger partial charge in [0.15, 0.2) is 9.84 Å². The fourth-order valence-corrected chi connectivity index (χ4v) is 5.20. The molecule has 3 aromatic rings. The molecule has 0 aliphatic rings. The van der Waals surface area contributed by atoms with E-state index >= 15 is 0 Å². The zero-order valence-electron chi connectivity index (χ0n) is 20.8. The summed E-state index contributed by atoms with van der Waals surface area (Å²) >= 11 is 0. The van der Waals surface area contributed by atoms with Crippen molar-refractivity contribution in [1.29, 1.82) is 0 Å². The summed E-state index contributed by atoms with van der Waals surface area (Å²) in [4.78, 5) is 12.9. The summed E-state index contributed by atoms with van der Waals surface area (Å²) in [5, 5.41) is 27.2. The zero-order valence-corrected chi connectivity index (χ0v) is 21.6. The Hall–Kier alpha value is -3.24. The fourth-order valence-electron chi connectivity index (χ4n) is 3.86. The fraction of sp³-hybridized carbons (Fsp3) is 0.321. The van der Waals surface area contributed by atoms with Gasteiger partial charge in [0, 0.05) is 13.1 Å². The SMILES string of the molecule is COc1cccc(CNC[C@@H](O)[C@H](Cc2ccccc2)NC(=O)C(O)CCS(=O)(=O)c2ccccc2)c1. The Kier molecular flexibility index (Phi) is 10.6. The Morgan fingerprint density at radius 2 is 1.57 bits per heavy atom. The Labute approximate surface area is 218 Å². The standard InChI is InChI=1S/C28H34N2O6S/c1-36-23-12-8-11-22(17-23)19-29-20-27(32)25(18-21-9-4-2-5-10-21)30-28(33)26(31)15-16-37(34,35)24-13-6-3-7-14-24/h2-14,17,25-27,29,31-32H,15-16,18-20H2,1H3,(H,30,33)/t25-,26?,27+/m0/s1. The summed E-state index contributed by atoms with van der Waals surface area (Å²) in [6, 6.07) is 24.1. The van der Waals surface area contributed by atoms with E-state index in [4.69, 9.17) is 4.74 Å². The molecule has 37 heavy (non-hydrogen) atoms. The highest BCUT2D eigenvalue weighted by Gasteiger charge is 2.26. The molecule has 3 rings (SSSR count). The smallest absolute Gasteiger partial charge is 0.249 e. The monoisotopic (exact) mass is 526 g/mol. The van der Waals surface area contributed by atoms with Crippen LogP contribution in [0.2, 0.25) is 0 Å². The average Bonchev–Trinajstić information content (AvgIpc) is 2.92. The third-order valence-corrected chi connectivity index (χ3v) is 7.74. The van der Waals surface area contributed by atoms with Crippen molar-refractivity contribution in [2.75, 3.05) is 19.4 Å². The first-order chi connectivity index (χ1) is 17.8. The summed E-state index contributed by atoms with van der Waals surface area (Å²) in [6.07, 6.45) is -2.42. The van der Waals surface area contributed by atoms with E-state index in [2.05, 4.69) is 10.6 Å². The lowest BCUT2D eigenvalue weighted by Gasteiger charge is -2.26. The largest absolute Gasteiger partial charge is 0.497 e. The van der Waals surface area contributed by atoms with Crippen LogP contribution < -0.4 is 15.4 Å². The Bertz CT molecular complexity index is 1220. The molecule has 0 heterocycles. The van der Waals surface area contributed by atoms with Crippen LogP contribution in [0, 0.1) is 0 Å². The lowest BCUT2D eigenvalue weighted by atomic mass is 10.0. The van der Waals surface area contributed by atoms with Gasteiger partial charge in [-0.05, 0) is 48.2 Å². The number of methoxy groups -OCH3 is 1. The molecule has 0 fully saturated rings. The first kappa shape index (κ1) is 28.3. The maximum Gasteiger partial charge on any atom is 0.249 e. The highest BCUT2D eigenvalue weighted by molar-refractivity contribution is 7.91. The van der Waals surface area contributed by atoms with E-state index < -0.39 is 34.0 Å². The van der Waals surface area contributed by atoms with Gasteiger partial charge in [0.1, 0.15) is 11.9 Å². The lowest BCUT2D eigenvalue weighted by molar-refractivity contribution is -0.131. The molecule has 0 saturated heterocycles. The van der Waals surface area contributed by atoms with Crippen LogP contribution in [0.1, 0.15) is 17.5 Å². The molecule has 8 nitrogen and oxygen atoms in total. The van der Waals surface area contributed by atoms with Crippen molar-refractivity contribution >= 4 is 15.7 Å². The topological polar surface area (TPSA) is 125 Å². The third kappa shape index (κ3) is 8.98. The predicted octanol–water partition coefficient (Wildman–Crippen LogP) is 2.10. The molecule has 9 heteroatoms. The van der Waals surface area contributed by atoms with Crippen LogP contribution in [-0.4, -0.2) is 62.2 Å². The second kappa shape index (κ2) is 13.9. The molecule has 3 atom stereocenters. The van der Waals surface area contributed by atoms with Gasteiger partial charge in [0.2, 0.25) is 5.91 Å². The number of hydrogen-bond acceptors (Lipinski definition) is 7. The van der Waals surface area contributed by atoms with Gasteiger partial charge in [0.05, 0.1) is 29.9 Å². The molecule has 0 saturated carbocycles. The number of aliphatic hydroxyl groups is 2. The summed E-state index contributed by atoms with van der Waals surface area (Å²) < 4.78 is 30.2. The highest BCUT2D eigenvalue weighted by Crippen LogP contribution is 2.14. The van der Waals surface area contributed by atoms with Gasteiger partial charge < -0.3 is 25.6 Å². The summed E-state index contributed by atoms with van der Waals surface area (Å²) in [5.41, 5.74) is 1.88. The molecule has 3 aromatic carbocycles. The molecule has 1 amide bonds. The Morgan fingerprint density at radius 1 is 0.919 bits per heavy atom. The molecule has 0 aliphatic carbocycles. The van der Waals surface area contributed by atoms with Crippen LogP contribution in [0.4, 0.5) is 0 Å². The Balaban J connectivity index is 1.59. The predicted molar refractivity (Wildman–Crippen MR) is 142 cm³/mol. The number of aliphatic hydroxyl groups excluding tert-OH is 2. The van der Waals surface area contributed by atoms with Gasteiger partial charge in [-0.1, -0.05) is 60.7 Å². The maximum atomic E-state index is 12.8. The number of amides is 1. The first-order valence-corrected chi connectivity index (χ1v) is 13.8. The molecule has 0 spiro atoms. The molecule has 1 unspecified atom stereocenters. The number of nitrogens with one attached hydrogen (secondary N) is 2. The van der Waals surface area contributed by atoms with Gasteiger partial charge in [-0.25, -0.2) is 8.42 Å². The van der Waals surface area contributed by atoms with Gasteiger partial charge in [-0.2, -0.15) is 0 Å². The molecule has 198 valence electrons. The van der Waals surface area contributed by atoms with E-state index in [1.807, 2.05) is 54.6 Å². The van der Waals surface area contributed by atoms with Crippen LogP contribution in [-0.2, 0) is 27.6 Å². The van der Waals surface area contributed by atoms with Crippen molar-refractivity contribution in [3.05, 3.63) is 96.1 Å². The minimum absolute atomic E-state index is 0.141. The molecule has 0 aliphatic heterocycles. The van der Waals surface area contributed by atoms with E-state index in [-0.39, 0.29) is 23.6 Å². The number of carbonyl (C=O) groups excluding carboxylic acids is 1. The van der Waals surface area contributed by atoms with Crippen molar-refractivity contribution in [2.45, 2.75) is 42.5 Å². The van der Waals surface area contributed by atoms with E-state index in [0.29, 0.717) is 13.0 Å². The van der Waals surface area contributed by atoms with Crippen LogP contribution in [0.15, 0.2) is 89.8 Å². The summed E-state index contributed by atoms with van der Waals surface area (Å²) in [6.45, 7) is 0.674. The highest BCUT2D eigenvalue weighted by atomic mass is 32.2. The van der Waals surface area contributed by atoms with Crippen molar-refractivity contribution in [1.82, 2.24) is 10.6 Å². The van der Waals surface area contributed by atoms with Crippen molar-refractivity contribution in [3.8, 4) is 5.75 Å². The molecule has 0 aromatic heterocycles. The lowest BCUT2D eigenvalue weighted by Crippen LogP contribution is -2.51. The van der Waals surface area contributed by atoms with Gasteiger partial charge in [-0.15, -0.1) is 0 Å². The molecule has 0 bridgehead atoms. The molecular weight excluding hydrogens is 492 g/mol. The maximum absolute atomic E-state index is 12.8. The van der Waals surface area contributed by atoms with Crippen molar-refractivity contribution in [2.24, 2.45) is 0 Å². The number of benzene rings is 3. The zero-order chi connectivity index (χ0) is 26.7. The second-order valence-corrected chi connectivity index (χ2v) is 10.9. The number of ether oxygens (including phenoxy) is 1. The van der Waals surface area contributed by atoms with E-state index in [1.54, 1.807) is 25.3 Å². The van der Waals surface area contributed by atoms with Crippen LogP contribution in [0.3, 0.4) is 0 Å². The van der Waals surface area contributed by atoms with E-state index in [9.17, 15) is 23.4 Å². The van der Waals surface area contributed by atoms with Crippen LogP contribution >= 0.6 is 0 Å². The third-order valence-electron chi connectivity index (χ3n) is 5.97. The van der Waals surface area contributed by atoms with Crippen LogP contribution in [0.25, 0.3) is 0 Å². The Morgan fingerprint density at radius 3 is 2.24 bits per heavy atom. The minimum Gasteiger partial charge on any atom is -0.497 e. The summed E-state index contributed by atoms with van der Waals surface area (Å²) in [5.74, 6) is -0.368. The number of carbonyl (C=O) groups is 1. The van der Waals surface area contributed by atoms with Crippen molar-refractivity contribution in [3.63, 3.8) is 0 Å². The quantitative estimate of drug-likeness (QED) is 0.254. The second-order valence-electron chi connectivity index (χ2n) is 8.79. The number of hydrogen-bond donors (Lipinski definition) is 4.